The third-order valence-corrected chi connectivity index (χ3v) is 6.09. The number of benzene rings is 2. The molecule has 2 rings (SSSR count). The van der Waals surface area contributed by atoms with Crippen molar-refractivity contribution in [2.45, 2.75) is 39.8 Å². The molecule has 174 valence electrons. The fourth-order valence-corrected chi connectivity index (χ4v) is 4.00. The van der Waals surface area contributed by atoms with E-state index in [4.69, 9.17) is 0 Å². The molecule has 0 radical (unpaired) electrons. The highest BCUT2D eigenvalue weighted by Gasteiger charge is 2.30. The van der Waals surface area contributed by atoms with E-state index in [9.17, 15) is 22.4 Å². The summed E-state index contributed by atoms with van der Waals surface area (Å²) < 4.78 is 39.3. The maximum Gasteiger partial charge on any atom is 0.244 e. The smallest absolute Gasteiger partial charge is 0.244 e. The monoisotopic (exact) mass is 463 g/mol. The molecule has 7 nitrogen and oxygen atoms in total. The molecule has 2 aromatic rings. The Hall–Kier alpha value is -2.94. The van der Waals surface area contributed by atoms with E-state index in [0.717, 1.165) is 22.5 Å². The SMILES string of the molecule is CCCNC(=O)C(C)N(Cc1ccc(F)cc1)C(=O)CN(c1cccc(C)c1)S(C)(=O)=O. The van der Waals surface area contributed by atoms with Crippen molar-refractivity contribution in [3.8, 4) is 0 Å². The van der Waals surface area contributed by atoms with Crippen LogP contribution in [0, 0.1) is 12.7 Å². The molecule has 0 aromatic heterocycles. The Balaban J connectivity index is 2.35. The van der Waals surface area contributed by atoms with Gasteiger partial charge in [-0.25, -0.2) is 12.8 Å². The van der Waals surface area contributed by atoms with Crippen molar-refractivity contribution in [3.63, 3.8) is 0 Å². The first-order valence-corrected chi connectivity index (χ1v) is 12.2. The Labute approximate surface area is 189 Å². The second kappa shape index (κ2) is 11.1. The predicted octanol–water partition coefficient (Wildman–Crippen LogP) is 2.84. The van der Waals surface area contributed by atoms with E-state index in [1.54, 1.807) is 25.1 Å². The molecule has 2 amide bonds. The maximum atomic E-state index is 13.3. The standard InChI is InChI=1S/C23H30FN3O4S/c1-5-13-25-23(29)18(3)26(15-19-9-11-20(24)12-10-19)22(28)16-27(32(4,30)31)21-8-6-7-17(2)14-21/h6-12,14,18H,5,13,15-16H2,1-4H3,(H,25,29). The largest absolute Gasteiger partial charge is 0.354 e. The zero-order chi connectivity index (χ0) is 23.9. The van der Waals surface area contributed by atoms with Crippen molar-refractivity contribution in [3.05, 3.63) is 65.5 Å². The fraction of sp³-hybridized carbons (Fsp3) is 0.391. The van der Waals surface area contributed by atoms with E-state index in [-0.39, 0.29) is 12.5 Å². The van der Waals surface area contributed by atoms with Gasteiger partial charge >= 0.3 is 0 Å². The molecule has 0 bridgehead atoms. The van der Waals surface area contributed by atoms with Crippen molar-refractivity contribution in [1.29, 1.82) is 0 Å². The predicted molar refractivity (Wildman–Crippen MR) is 123 cm³/mol. The van der Waals surface area contributed by atoms with Crippen LogP contribution in [0.4, 0.5) is 10.1 Å². The van der Waals surface area contributed by atoms with Gasteiger partial charge in [-0.05, 0) is 55.7 Å². The molecule has 0 fully saturated rings. The summed E-state index contributed by atoms with van der Waals surface area (Å²) >= 11 is 0. The number of aryl methyl sites for hydroxylation is 1. The van der Waals surface area contributed by atoms with Gasteiger partial charge in [0.1, 0.15) is 18.4 Å². The molecule has 0 heterocycles. The summed E-state index contributed by atoms with van der Waals surface area (Å²) in [6.45, 7) is 5.36. The van der Waals surface area contributed by atoms with E-state index >= 15 is 0 Å². The molecule has 32 heavy (non-hydrogen) atoms. The quantitative estimate of drug-likeness (QED) is 0.587. The lowest BCUT2D eigenvalue weighted by molar-refractivity contribution is -0.139. The molecule has 0 spiro atoms. The van der Waals surface area contributed by atoms with Crippen LogP contribution in [-0.4, -0.2) is 50.5 Å². The highest BCUT2D eigenvalue weighted by atomic mass is 32.2. The van der Waals surface area contributed by atoms with Gasteiger partial charge in [0.15, 0.2) is 0 Å². The van der Waals surface area contributed by atoms with E-state index in [1.165, 1.54) is 29.2 Å². The number of nitrogens with zero attached hydrogens (tertiary/aromatic N) is 2. The van der Waals surface area contributed by atoms with Gasteiger partial charge in [0.05, 0.1) is 11.9 Å². The Morgan fingerprint density at radius 2 is 1.78 bits per heavy atom. The number of nitrogens with one attached hydrogen (secondary N) is 1. The molecule has 0 saturated heterocycles. The first-order valence-electron chi connectivity index (χ1n) is 10.4. The molecule has 1 atom stereocenters. The lowest BCUT2D eigenvalue weighted by Gasteiger charge is -2.31. The van der Waals surface area contributed by atoms with Crippen molar-refractivity contribution < 1.29 is 22.4 Å². The zero-order valence-corrected chi connectivity index (χ0v) is 19.7. The third kappa shape index (κ3) is 7.05. The van der Waals surface area contributed by atoms with Gasteiger partial charge in [-0.1, -0.05) is 31.2 Å². The van der Waals surface area contributed by atoms with Crippen molar-refractivity contribution in [2.24, 2.45) is 0 Å². The molecule has 1 N–H and O–H groups in total. The summed E-state index contributed by atoms with van der Waals surface area (Å²) in [6.07, 6.45) is 1.77. The van der Waals surface area contributed by atoms with Gasteiger partial charge in [0, 0.05) is 13.1 Å². The van der Waals surface area contributed by atoms with Crippen LogP contribution in [0.15, 0.2) is 48.5 Å². The Kier molecular flexibility index (Phi) is 8.77. The molecule has 0 aliphatic carbocycles. The first kappa shape index (κ1) is 25.3. The van der Waals surface area contributed by atoms with Gasteiger partial charge in [0.2, 0.25) is 21.8 Å². The molecular weight excluding hydrogens is 433 g/mol. The average molecular weight is 464 g/mol. The van der Waals surface area contributed by atoms with Crippen LogP contribution in [0.2, 0.25) is 0 Å². The minimum absolute atomic E-state index is 0.0330. The van der Waals surface area contributed by atoms with Crippen molar-refractivity contribution >= 4 is 27.5 Å². The number of carbonyl (C=O) groups is 2. The second-order valence-electron chi connectivity index (χ2n) is 7.72. The van der Waals surface area contributed by atoms with Gasteiger partial charge in [-0.15, -0.1) is 0 Å². The van der Waals surface area contributed by atoms with Crippen LogP contribution < -0.4 is 9.62 Å². The summed E-state index contributed by atoms with van der Waals surface area (Å²) in [7, 11) is -3.77. The third-order valence-electron chi connectivity index (χ3n) is 4.95. The minimum Gasteiger partial charge on any atom is -0.354 e. The van der Waals surface area contributed by atoms with Crippen molar-refractivity contribution in [2.75, 3.05) is 23.7 Å². The molecule has 0 saturated carbocycles. The van der Waals surface area contributed by atoms with Gasteiger partial charge in [-0.2, -0.15) is 0 Å². The highest BCUT2D eigenvalue weighted by Crippen LogP contribution is 2.20. The number of hydrogen-bond donors (Lipinski definition) is 1. The van der Waals surface area contributed by atoms with Crippen molar-refractivity contribution in [1.82, 2.24) is 10.2 Å². The van der Waals surface area contributed by atoms with E-state index in [1.807, 2.05) is 19.9 Å². The van der Waals surface area contributed by atoms with E-state index in [0.29, 0.717) is 17.8 Å². The van der Waals surface area contributed by atoms with Crippen LogP contribution in [0.5, 0.6) is 0 Å². The second-order valence-corrected chi connectivity index (χ2v) is 9.63. The summed E-state index contributed by atoms with van der Waals surface area (Å²) in [5, 5.41) is 2.76. The number of halogens is 1. The molecule has 0 aliphatic heterocycles. The highest BCUT2D eigenvalue weighted by molar-refractivity contribution is 7.92. The number of rotatable bonds is 10. The molecular formula is C23H30FN3O4S. The van der Waals surface area contributed by atoms with Crippen LogP contribution in [0.25, 0.3) is 0 Å². The minimum atomic E-state index is -3.77. The molecule has 1 unspecified atom stereocenters. The molecule has 9 heteroatoms. The summed E-state index contributed by atoms with van der Waals surface area (Å²) in [5.41, 5.74) is 1.83. The van der Waals surface area contributed by atoms with Crippen LogP contribution in [0.3, 0.4) is 0 Å². The Morgan fingerprint density at radius 3 is 2.34 bits per heavy atom. The topological polar surface area (TPSA) is 86.8 Å². The van der Waals surface area contributed by atoms with Crippen LogP contribution in [0.1, 0.15) is 31.4 Å². The normalized spacial score (nSPS) is 12.2. The van der Waals surface area contributed by atoms with Crippen LogP contribution >= 0.6 is 0 Å². The number of carbonyl (C=O) groups excluding carboxylic acids is 2. The van der Waals surface area contributed by atoms with Gasteiger partial charge < -0.3 is 10.2 Å². The lowest BCUT2D eigenvalue weighted by Crippen LogP contribution is -2.51. The number of hydrogen-bond acceptors (Lipinski definition) is 4. The average Bonchev–Trinajstić information content (AvgIpc) is 2.73. The number of amides is 2. The fourth-order valence-electron chi connectivity index (χ4n) is 3.16. The Morgan fingerprint density at radius 1 is 1.12 bits per heavy atom. The van der Waals surface area contributed by atoms with Crippen LogP contribution in [-0.2, 0) is 26.2 Å². The van der Waals surface area contributed by atoms with Gasteiger partial charge in [0.25, 0.3) is 0 Å². The molecule has 2 aromatic carbocycles. The summed E-state index contributed by atoms with van der Waals surface area (Å²) in [4.78, 5) is 27.2. The maximum absolute atomic E-state index is 13.3. The van der Waals surface area contributed by atoms with Gasteiger partial charge in [-0.3, -0.25) is 13.9 Å². The first-order chi connectivity index (χ1) is 15.0. The van der Waals surface area contributed by atoms with E-state index in [2.05, 4.69) is 5.32 Å². The summed E-state index contributed by atoms with van der Waals surface area (Å²) in [5.74, 6) is -1.30. The van der Waals surface area contributed by atoms with E-state index < -0.39 is 34.3 Å². The lowest BCUT2D eigenvalue weighted by atomic mass is 10.1. The number of anilines is 1. The zero-order valence-electron chi connectivity index (χ0n) is 18.8. The number of sulfonamides is 1. The Bertz CT molecular complexity index is 1040. The summed E-state index contributed by atoms with van der Waals surface area (Å²) in [6, 6.07) is 11.6. The molecule has 0 aliphatic rings.